The molecule has 1 aromatic carbocycles. The van der Waals surface area contributed by atoms with Gasteiger partial charge in [0.25, 0.3) is 0 Å². The maximum absolute atomic E-state index is 6.05. The number of ether oxygens (including phenoxy) is 1. The van der Waals surface area contributed by atoms with Gasteiger partial charge < -0.3 is 15.0 Å². The van der Waals surface area contributed by atoms with Crippen LogP contribution in [0.15, 0.2) is 24.3 Å². The average molecular weight is 286 g/mol. The van der Waals surface area contributed by atoms with Gasteiger partial charge in [0.15, 0.2) is 0 Å². The molecule has 114 valence electrons. The minimum Gasteiger partial charge on any atom is -0.493 e. The van der Waals surface area contributed by atoms with Gasteiger partial charge in [0.05, 0.1) is 6.61 Å². The number of piperazine rings is 1. The average Bonchev–Trinajstić information content (AvgIpc) is 3.17. The molecule has 2 aliphatic carbocycles. The highest BCUT2D eigenvalue weighted by Gasteiger charge is 2.39. The van der Waals surface area contributed by atoms with Crippen molar-refractivity contribution in [1.82, 2.24) is 5.32 Å². The summed E-state index contributed by atoms with van der Waals surface area (Å²) in [7, 11) is 0. The summed E-state index contributed by atoms with van der Waals surface area (Å²) in [5, 5.41) is 3.39. The van der Waals surface area contributed by atoms with E-state index >= 15 is 0 Å². The molecule has 1 aliphatic heterocycles. The molecule has 21 heavy (non-hydrogen) atoms. The van der Waals surface area contributed by atoms with Gasteiger partial charge in [0.2, 0.25) is 0 Å². The Balaban J connectivity index is 1.31. The molecule has 2 saturated carbocycles. The number of nitrogens with one attached hydrogen (secondary N) is 1. The van der Waals surface area contributed by atoms with Gasteiger partial charge in [-0.2, -0.15) is 0 Å². The van der Waals surface area contributed by atoms with Crippen LogP contribution in [0.5, 0.6) is 5.75 Å². The lowest BCUT2D eigenvalue weighted by molar-refractivity contribution is 0.195. The van der Waals surface area contributed by atoms with E-state index in [0.717, 1.165) is 56.3 Å². The molecule has 1 aromatic rings. The molecule has 3 heteroatoms. The monoisotopic (exact) mass is 286 g/mol. The maximum Gasteiger partial charge on any atom is 0.119 e. The van der Waals surface area contributed by atoms with Gasteiger partial charge in [-0.25, -0.2) is 0 Å². The minimum absolute atomic E-state index is 0.816. The Bertz CT molecular complexity index is 467. The van der Waals surface area contributed by atoms with Crippen molar-refractivity contribution < 1.29 is 4.74 Å². The molecule has 3 aliphatic rings. The summed E-state index contributed by atoms with van der Waals surface area (Å²) in [6.45, 7) is 5.30. The Labute approximate surface area is 127 Å². The standard InChI is InChI=1S/C18H26N2O/c1-2-15-11-14(1)12-16(15)13-21-18-5-3-17(4-6-18)20-9-7-19-8-10-20/h3-6,14-16,19H,1-2,7-13H2. The minimum atomic E-state index is 0.816. The SMILES string of the molecule is c1cc(N2CCNCC2)ccc1OCC1CC2CCC1C2. The first kappa shape index (κ1) is 13.4. The summed E-state index contributed by atoms with van der Waals surface area (Å²) < 4.78 is 6.05. The van der Waals surface area contributed by atoms with E-state index in [0.29, 0.717) is 0 Å². The van der Waals surface area contributed by atoms with Crippen molar-refractivity contribution in [2.24, 2.45) is 17.8 Å². The Morgan fingerprint density at radius 3 is 2.52 bits per heavy atom. The lowest BCUT2D eigenvalue weighted by atomic mass is 9.89. The summed E-state index contributed by atoms with van der Waals surface area (Å²) in [6, 6.07) is 8.71. The number of hydrogen-bond acceptors (Lipinski definition) is 3. The first-order chi connectivity index (χ1) is 10.4. The van der Waals surface area contributed by atoms with E-state index in [1.165, 1.54) is 31.4 Å². The number of rotatable bonds is 4. The lowest BCUT2D eigenvalue weighted by Crippen LogP contribution is -2.43. The molecular formula is C18H26N2O. The van der Waals surface area contributed by atoms with Gasteiger partial charge in [0, 0.05) is 31.9 Å². The Morgan fingerprint density at radius 1 is 1.05 bits per heavy atom. The van der Waals surface area contributed by atoms with Crippen LogP contribution in [0.2, 0.25) is 0 Å². The van der Waals surface area contributed by atoms with Crippen LogP contribution in [0.4, 0.5) is 5.69 Å². The van der Waals surface area contributed by atoms with Gasteiger partial charge in [-0.15, -0.1) is 0 Å². The van der Waals surface area contributed by atoms with E-state index in [-0.39, 0.29) is 0 Å². The van der Waals surface area contributed by atoms with E-state index in [2.05, 4.69) is 34.5 Å². The summed E-state index contributed by atoms with van der Waals surface area (Å²) in [5.74, 6) is 3.82. The topological polar surface area (TPSA) is 24.5 Å². The van der Waals surface area contributed by atoms with Crippen LogP contribution in [0, 0.1) is 17.8 Å². The lowest BCUT2D eigenvalue weighted by Gasteiger charge is -2.29. The molecule has 0 radical (unpaired) electrons. The largest absolute Gasteiger partial charge is 0.493 e. The van der Waals surface area contributed by atoms with Crippen LogP contribution in [0.1, 0.15) is 25.7 Å². The van der Waals surface area contributed by atoms with Crippen molar-refractivity contribution in [2.45, 2.75) is 25.7 Å². The van der Waals surface area contributed by atoms with Gasteiger partial charge >= 0.3 is 0 Å². The molecule has 1 N–H and O–H groups in total. The molecule has 3 atom stereocenters. The quantitative estimate of drug-likeness (QED) is 0.921. The second-order valence-corrected chi connectivity index (χ2v) is 6.98. The predicted molar refractivity (Wildman–Crippen MR) is 86.0 cm³/mol. The molecule has 0 spiro atoms. The highest BCUT2D eigenvalue weighted by atomic mass is 16.5. The molecular weight excluding hydrogens is 260 g/mol. The molecule has 2 bridgehead atoms. The van der Waals surface area contributed by atoms with Crippen molar-refractivity contribution in [3.05, 3.63) is 24.3 Å². The second-order valence-electron chi connectivity index (χ2n) is 6.98. The van der Waals surface area contributed by atoms with Crippen LogP contribution in [0.25, 0.3) is 0 Å². The molecule has 3 unspecified atom stereocenters. The number of benzene rings is 1. The van der Waals surface area contributed by atoms with Crippen LogP contribution >= 0.6 is 0 Å². The maximum atomic E-state index is 6.05. The fraction of sp³-hybridized carbons (Fsp3) is 0.667. The first-order valence-electron chi connectivity index (χ1n) is 8.57. The van der Waals surface area contributed by atoms with E-state index in [1.54, 1.807) is 0 Å². The van der Waals surface area contributed by atoms with Crippen LogP contribution < -0.4 is 15.0 Å². The number of anilines is 1. The van der Waals surface area contributed by atoms with E-state index in [1.807, 2.05) is 0 Å². The molecule has 1 heterocycles. The first-order valence-corrected chi connectivity index (χ1v) is 8.57. The van der Waals surface area contributed by atoms with E-state index in [9.17, 15) is 0 Å². The Morgan fingerprint density at radius 2 is 1.86 bits per heavy atom. The highest BCUT2D eigenvalue weighted by Crippen LogP contribution is 2.48. The molecule has 1 saturated heterocycles. The third-order valence-corrected chi connectivity index (χ3v) is 5.67. The van der Waals surface area contributed by atoms with Gasteiger partial charge in [-0.3, -0.25) is 0 Å². The summed E-state index contributed by atoms with van der Waals surface area (Å²) >= 11 is 0. The number of fused-ring (bicyclic) bond motifs is 2. The molecule has 3 nitrogen and oxygen atoms in total. The molecule has 4 rings (SSSR count). The van der Waals surface area contributed by atoms with Crippen molar-refractivity contribution in [2.75, 3.05) is 37.7 Å². The zero-order chi connectivity index (χ0) is 14.1. The molecule has 3 fully saturated rings. The van der Waals surface area contributed by atoms with Crippen LogP contribution in [-0.2, 0) is 0 Å². The second kappa shape index (κ2) is 5.88. The van der Waals surface area contributed by atoms with Crippen molar-refractivity contribution >= 4 is 5.69 Å². The Kier molecular flexibility index (Phi) is 3.76. The van der Waals surface area contributed by atoms with Crippen molar-refractivity contribution in [1.29, 1.82) is 0 Å². The van der Waals surface area contributed by atoms with Gasteiger partial charge in [-0.1, -0.05) is 6.42 Å². The van der Waals surface area contributed by atoms with Crippen molar-refractivity contribution in [3.63, 3.8) is 0 Å². The fourth-order valence-electron chi connectivity index (χ4n) is 4.46. The summed E-state index contributed by atoms with van der Waals surface area (Å²) in [5.41, 5.74) is 1.32. The zero-order valence-corrected chi connectivity index (χ0v) is 12.8. The molecule has 0 amide bonds. The van der Waals surface area contributed by atoms with E-state index in [4.69, 9.17) is 4.74 Å². The molecule has 0 aromatic heterocycles. The Hall–Kier alpha value is -1.22. The predicted octanol–water partition coefficient (Wildman–Crippen LogP) is 2.91. The summed E-state index contributed by atoms with van der Waals surface area (Å²) in [6.07, 6.45) is 5.79. The van der Waals surface area contributed by atoms with Gasteiger partial charge in [0.1, 0.15) is 5.75 Å². The zero-order valence-electron chi connectivity index (χ0n) is 12.8. The number of nitrogens with zero attached hydrogens (tertiary/aromatic N) is 1. The van der Waals surface area contributed by atoms with E-state index < -0.39 is 0 Å². The van der Waals surface area contributed by atoms with Crippen molar-refractivity contribution in [3.8, 4) is 5.75 Å². The number of hydrogen-bond donors (Lipinski definition) is 1. The smallest absolute Gasteiger partial charge is 0.119 e. The van der Waals surface area contributed by atoms with Crippen LogP contribution in [-0.4, -0.2) is 32.8 Å². The fourth-order valence-corrected chi connectivity index (χ4v) is 4.46. The summed E-state index contributed by atoms with van der Waals surface area (Å²) in [4.78, 5) is 2.44. The highest BCUT2D eigenvalue weighted by molar-refractivity contribution is 5.49. The normalized spacial score (nSPS) is 31.6. The third-order valence-electron chi connectivity index (χ3n) is 5.67. The van der Waals surface area contributed by atoms with Crippen LogP contribution in [0.3, 0.4) is 0 Å². The third kappa shape index (κ3) is 2.89. The van der Waals surface area contributed by atoms with Gasteiger partial charge in [-0.05, 0) is 61.3 Å².